The van der Waals surface area contributed by atoms with Crippen molar-refractivity contribution in [1.82, 2.24) is 0 Å². The minimum Gasteiger partial charge on any atom is -0.504 e. The molecule has 2 heterocycles. The number of hydrogen-bond acceptors (Lipinski definition) is 7. The number of aromatic hydroxyl groups is 2. The van der Waals surface area contributed by atoms with Gasteiger partial charge in [-0.15, -0.1) is 0 Å². The van der Waals surface area contributed by atoms with Crippen molar-refractivity contribution >= 4 is 11.6 Å². The summed E-state index contributed by atoms with van der Waals surface area (Å²) in [5.41, 5.74) is -0.451. The number of benzene rings is 1. The van der Waals surface area contributed by atoms with Gasteiger partial charge >= 0.3 is 0 Å². The maximum absolute atomic E-state index is 12.5. The van der Waals surface area contributed by atoms with Crippen molar-refractivity contribution in [3.63, 3.8) is 0 Å². The predicted molar refractivity (Wildman–Crippen MR) is 66.2 cm³/mol. The Hall–Kier alpha value is -2.96. The SMILES string of the molecule is Cc1occ2c1C(=O)c1c(O)c3c(c(O)c1C2=O)OCO3. The van der Waals surface area contributed by atoms with E-state index in [4.69, 9.17) is 13.9 Å². The number of carbonyl (C=O) groups excluding carboxylic acids is 2. The zero-order valence-electron chi connectivity index (χ0n) is 10.7. The predicted octanol–water partition coefficient (Wildman–Crippen LogP) is 1.50. The van der Waals surface area contributed by atoms with E-state index in [1.54, 1.807) is 6.92 Å². The second-order valence-electron chi connectivity index (χ2n) is 4.75. The van der Waals surface area contributed by atoms with Crippen LogP contribution in [0.15, 0.2) is 10.7 Å². The monoisotopic (exact) mass is 288 g/mol. The summed E-state index contributed by atoms with van der Waals surface area (Å²) in [6.45, 7) is 1.33. The molecule has 1 aliphatic carbocycles. The topological polar surface area (TPSA) is 106 Å². The summed E-state index contributed by atoms with van der Waals surface area (Å²) >= 11 is 0. The zero-order chi connectivity index (χ0) is 14.9. The largest absolute Gasteiger partial charge is 0.504 e. The molecule has 21 heavy (non-hydrogen) atoms. The van der Waals surface area contributed by atoms with Crippen molar-refractivity contribution in [2.45, 2.75) is 6.92 Å². The highest BCUT2D eigenvalue weighted by atomic mass is 16.7. The first-order chi connectivity index (χ1) is 10.0. The Labute approximate surface area is 117 Å². The smallest absolute Gasteiger partial charge is 0.231 e. The molecular formula is C14H8O7. The fraction of sp³-hybridized carbons (Fsp3) is 0.143. The molecule has 0 spiro atoms. The molecule has 2 N–H and O–H groups in total. The number of hydrogen-bond donors (Lipinski definition) is 2. The van der Waals surface area contributed by atoms with Crippen LogP contribution in [-0.2, 0) is 0 Å². The lowest BCUT2D eigenvalue weighted by Gasteiger charge is -2.18. The van der Waals surface area contributed by atoms with E-state index in [2.05, 4.69) is 0 Å². The Kier molecular flexibility index (Phi) is 2.01. The summed E-state index contributed by atoms with van der Waals surface area (Å²) in [5, 5.41) is 20.4. The van der Waals surface area contributed by atoms with E-state index in [0.29, 0.717) is 0 Å². The number of aryl methyl sites for hydroxylation is 1. The Balaban J connectivity index is 2.12. The number of carbonyl (C=O) groups is 2. The van der Waals surface area contributed by atoms with Crippen LogP contribution in [0.5, 0.6) is 23.0 Å². The van der Waals surface area contributed by atoms with Crippen molar-refractivity contribution in [3.8, 4) is 23.0 Å². The van der Waals surface area contributed by atoms with Gasteiger partial charge in [-0.1, -0.05) is 0 Å². The Morgan fingerprint density at radius 3 is 2.14 bits per heavy atom. The molecule has 4 rings (SSSR count). The third kappa shape index (κ3) is 1.23. The van der Waals surface area contributed by atoms with Gasteiger partial charge < -0.3 is 24.1 Å². The van der Waals surface area contributed by atoms with Crippen LogP contribution in [0.4, 0.5) is 0 Å². The number of phenols is 2. The fourth-order valence-electron chi connectivity index (χ4n) is 2.70. The molecule has 0 saturated carbocycles. The summed E-state index contributed by atoms with van der Waals surface area (Å²) in [6, 6.07) is 0. The molecule has 2 aliphatic rings. The number of rotatable bonds is 0. The lowest BCUT2D eigenvalue weighted by molar-refractivity contribution is 0.0974. The van der Waals surface area contributed by atoms with Gasteiger partial charge in [0.05, 0.1) is 22.3 Å². The minimum atomic E-state index is -0.609. The summed E-state index contributed by atoms with van der Waals surface area (Å²) in [5.74, 6) is -2.25. The summed E-state index contributed by atoms with van der Waals surface area (Å²) in [4.78, 5) is 25.0. The molecular weight excluding hydrogens is 280 g/mol. The van der Waals surface area contributed by atoms with Gasteiger partial charge in [0, 0.05) is 0 Å². The first-order valence-corrected chi connectivity index (χ1v) is 6.07. The van der Waals surface area contributed by atoms with Crippen LogP contribution in [0.25, 0.3) is 0 Å². The van der Waals surface area contributed by atoms with Crippen molar-refractivity contribution in [2.75, 3.05) is 6.79 Å². The van der Waals surface area contributed by atoms with Gasteiger partial charge in [0.15, 0.2) is 11.5 Å². The Morgan fingerprint density at radius 1 is 0.952 bits per heavy atom. The molecule has 0 radical (unpaired) electrons. The molecule has 7 nitrogen and oxygen atoms in total. The number of ketones is 2. The molecule has 0 amide bonds. The molecule has 7 heteroatoms. The van der Waals surface area contributed by atoms with Crippen molar-refractivity contribution in [2.24, 2.45) is 0 Å². The van der Waals surface area contributed by atoms with Gasteiger partial charge in [-0.3, -0.25) is 9.59 Å². The van der Waals surface area contributed by atoms with Crippen molar-refractivity contribution in [3.05, 3.63) is 34.3 Å². The molecule has 106 valence electrons. The molecule has 1 aromatic carbocycles. The minimum absolute atomic E-state index is 0.0542. The standard InChI is InChI=1S/C14H8O7/c1-4-6-5(2-19-4)9(15)7-8(10(6)16)12(18)14-13(11(7)17)20-3-21-14/h2,17-18H,3H2,1H3. The van der Waals surface area contributed by atoms with Crippen LogP contribution >= 0.6 is 0 Å². The van der Waals surface area contributed by atoms with E-state index in [-0.39, 0.29) is 46.3 Å². The average molecular weight is 288 g/mol. The Morgan fingerprint density at radius 2 is 1.52 bits per heavy atom. The fourth-order valence-corrected chi connectivity index (χ4v) is 2.70. The molecule has 0 saturated heterocycles. The second kappa shape index (κ2) is 3.57. The van der Waals surface area contributed by atoms with Crippen LogP contribution in [0.2, 0.25) is 0 Å². The highest BCUT2D eigenvalue weighted by Gasteiger charge is 2.42. The lowest BCUT2D eigenvalue weighted by atomic mass is 9.84. The number of fused-ring (bicyclic) bond motifs is 3. The van der Waals surface area contributed by atoms with E-state index < -0.39 is 23.1 Å². The third-order valence-corrected chi connectivity index (χ3v) is 3.67. The van der Waals surface area contributed by atoms with Crippen LogP contribution in [0.1, 0.15) is 37.6 Å². The van der Waals surface area contributed by atoms with E-state index >= 15 is 0 Å². The number of phenolic OH excluding ortho intramolecular Hbond substituents is 2. The molecule has 1 aromatic heterocycles. The average Bonchev–Trinajstić information content (AvgIpc) is 3.07. The molecule has 1 aliphatic heterocycles. The van der Waals surface area contributed by atoms with E-state index in [1.807, 2.05) is 0 Å². The third-order valence-electron chi connectivity index (χ3n) is 3.67. The molecule has 0 unspecified atom stereocenters. The molecule has 0 atom stereocenters. The van der Waals surface area contributed by atoms with Crippen LogP contribution in [-0.4, -0.2) is 28.6 Å². The van der Waals surface area contributed by atoms with E-state index in [1.165, 1.54) is 0 Å². The van der Waals surface area contributed by atoms with E-state index in [0.717, 1.165) is 6.26 Å². The van der Waals surface area contributed by atoms with E-state index in [9.17, 15) is 19.8 Å². The maximum Gasteiger partial charge on any atom is 0.231 e. The van der Waals surface area contributed by atoms with Crippen LogP contribution in [0, 0.1) is 6.92 Å². The van der Waals surface area contributed by atoms with Gasteiger partial charge in [-0.2, -0.15) is 0 Å². The van der Waals surface area contributed by atoms with Crippen molar-refractivity contribution in [1.29, 1.82) is 0 Å². The second-order valence-corrected chi connectivity index (χ2v) is 4.75. The van der Waals surface area contributed by atoms with Crippen LogP contribution in [0.3, 0.4) is 0 Å². The van der Waals surface area contributed by atoms with Gasteiger partial charge in [0.2, 0.25) is 29.9 Å². The molecule has 0 fully saturated rings. The summed E-state index contributed by atoms with van der Waals surface area (Å²) in [6.07, 6.45) is 1.16. The maximum atomic E-state index is 12.5. The molecule has 2 aromatic rings. The summed E-state index contributed by atoms with van der Waals surface area (Å²) in [7, 11) is 0. The Bertz CT molecular complexity index is 844. The number of furan rings is 1. The lowest BCUT2D eigenvalue weighted by Crippen LogP contribution is -2.20. The highest BCUT2D eigenvalue weighted by molar-refractivity contribution is 6.31. The quantitative estimate of drug-likeness (QED) is 0.604. The molecule has 0 bridgehead atoms. The normalized spacial score (nSPS) is 15.1. The van der Waals surface area contributed by atoms with Gasteiger partial charge in [-0.25, -0.2) is 0 Å². The number of ether oxygens (including phenoxy) is 2. The van der Waals surface area contributed by atoms with Gasteiger partial charge in [0.25, 0.3) is 0 Å². The van der Waals surface area contributed by atoms with Crippen molar-refractivity contribution < 1.29 is 33.7 Å². The van der Waals surface area contributed by atoms with Gasteiger partial charge in [-0.05, 0) is 6.92 Å². The zero-order valence-corrected chi connectivity index (χ0v) is 10.7. The first-order valence-electron chi connectivity index (χ1n) is 6.07. The summed E-state index contributed by atoms with van der Waals surface area (Å²) < 4.78 is 15.2. The highest BCUT2D eigenvalue weighted by Crippen LogP contribution is 2.53. The van der Waals surface area contributed by atoms with Gasteiger partial charge in [0.1, 0.15) is 12.0 Å². The first kappa shape index (κ1) is 11.8. The van der Waals surface area contributed by atoms with Crippen LogP contribution < -0.4 is 9.47 Å².